The van der Waals surface area contributed by atoms with Crippen molar-refractivity contribution in [3.8, 4) is 0 Å². The van der Waals surface area contributed by atoms with E-state index in [2.05, 4.69) is 37.9 Å². The molecular formula is C12H26N2O2. The Labute approximate surface area is 99.0 Å². The van der Waals surface area contributed by atoms with Gasteiger partial charge in [-0.3, -0.25) is 4.90 Å². The monoisotopic (exact) mass is 230 g/mol. The Morgan fingerprint density at radius 1 is 1.25 bits per heavy atom. The van der Waals surface area contributed by atoms with Crippen LogP contribution in [0.1, 0.15) is 27.7 Å². The first-order valence-electron chi connectivity index (χ1n) is 5.99. The summed E-state index contributed by atoms with van der Waals surface area (Å²) >= 11 is 0. The summed E-state index contributed by atoms with van der Waals surface area (Å²) in [5.74, 6) is 0. The average Bonchev–Trinajstić information content (AvgIpc) is 2.09. The Hall–Kier alpha value is -0.160. The van der Waals surface area contributed by atoms with Crippen LogP contribution in [0.4, 0.5) is 0 Å². The second-order valence-corrected chi connectivity index (χ2v) is 5.96. The van der Waals surface area contributed by atoms with Gasteiger partial charge in [-0.25, -0.2) is 0 Å². The van der Waals surface area contributed by atoms with Crippen molar-refractivity contribution in [2.75, 3.05) is 33.3 Å². The molecule has 2 N–H and O–H groups in total. The van der Waals surface area contributed by atoms with Crippen LogP contribution >= 0.6 is 0 Å². The second-order valence-electron chi connectivity index (χ2n) is 5.96. The minimum absolute atomic E-state index is 0.116. The Kier molecular flexibility index (Phi) is 4.35. The Balaban J connectivity index is 2.60. The van der Waals surface area contributed by atoms with Crippen molar-refractivity contribution in [2.24, 2.45) is 0 Å². The van der Waals surface area contributed by atoms with Crippen molar-refractivity contribution in [3.05, 3.63) is 0 Å². The van der Waals surface area contributed by atoms with Gasteiger partial charge in [0, 0.05) is 25.7 Å². The van der Waals surface area contributed by atoms with Crippen molar-refractivity contribution in [1.82, 2.24) is 10.2 Å². The van der Waals surface area contributed by atoms with Gasteiger partial charge in [0.05, 0.1) is 17.8 Å². The molecule has 1 fully saturated rings. The first-order valence-corrected chi connectivity index (χ1v) is 5.99. The molecule has 1 unspecified atom stereocenters. The molecule has 1 aliphatic rings. The van der Waals surface area contributed by atoms with Gasteiger partial charge >= 0.3 is 0 Å². The number of hydrogen-bond acceptors (Lipinski definition) is 4. The molecule has 1 rings (SSSR count). The largest absolute Gasteiger partial charge is 0.395 e. The summed E-state index contributed by atoms with van der Waals surface area (Å²) in [6.07, 6.45) is 0. The summed E-state index contributed by atoms with van der Waals surface area (Å²) in [6.45, 7) is 11.3. The number of nitrogens with zero attached hydrogens (tertiary/aromatic N) is 1. The molecule has 16 heavy (non-hydrogen) atoms. The van der Waals surface area contributed by atoms with E-state index < -0.39 is 0 Å². The third-order valence-electron chi connectivity index (χ3n) is 2.87. The van der Waals surface area contributed by atoms with Crippen LogP contribution in [0.2, 0.25) is 0 Å². The van der Waals surface area contributed by atoms with Crippen molar-refractivity contribution in [2.45, 2.75) is 44.9 Å². The fourth-order valence-electron chi connectivity index (χ4n) is 2.63. The molecule has 0 bridgehead atoms. The highest BCUT2D eigenvalue weighted by molar-refractivity contribution is 4.90. The lowest BCUT2D eigenvalue weighted by Crippen LogP contribution is -2.59. The Bertz CT molecular complexity index is 209. The van der Waals surface area contributed by atoms with Crippen molar-refractivity contribution in [1.29, 1.82) is 0 Å². The number of rotatable bonds is 4. The molecule has 0 spiro atoms. The lowest BCUT2D eigenvalue weighted by molar-refractivity contribution is -0.181. The summed E-state index contributed by atoms with van der Waals surface area (Å²) in [6, 6.07) is 0.143. The van der Waals surface area contributed by atoms with E-state index in [1.54, 1.807) is 0 Å². The number of ether oxygens (including phenoxy) is 1. The summed E-state index contributed by atoms with van der Waals surface area (Å²) in [5, 5.41) is 12.3. The Morgan fingerprint density at radius 3 is 2.12 bits per heavy atom. The lowest BCUT2D eigenvalue weighted by atomic mass is 9.98. The molecule has 0 aromatic carbocycles. The number of aliphatic hydroxyl groups excluding tert-OH is 1. The number of aliphatic hydroxyl groups is 1. The quantitative estimate of drug-likeness (QED) is 0.736. The summed E-state index contributed by atoms with van der Waals surface area (Å²) in [7, 11) is 1.89. The van der Waals surface area contributed by atoms with Crippen LogP contribution in [0.25, 0.3) is 0 Å². The highest BCUT2D eigenvalue weighted by atomic mass is 16.5. The van der Waals surface area contributed by atoms with E-state index in [9.17, 15) is 5.11 Å². The topological polar surface area (TPSA) is 44.7 Å². The van der Waals surface area contributed by atoms with E-state index in [1.807, 2.05) is 7.05 Å². The zero-order chi connectivity index (χ0) is 12.4. The predicted molar refractivity (Wildman–Crippen MR) is 65.6 cm³/mol. The highest BCUT2D eigenvalue weighted by Gasteiger charge is 2.38. The SMILES string of the molecule is CNC(CO)CN1CC(C)(C)OC(C)(C)C1. The summed E-state index contributed by atoms with van der Waals surface area (Å²) in [5.41, 5.74) is -0.231. The molecule has 4 heteroatoms. The van der Waals surface area contributed by atoms with Gasteiger partial charge in [0.1, 0.15) is 0 Å². The van der Waals surface area contributed by atoms with Crippen LogP contribution in [0, 0.1) is 0 Å². The summed E-state index contributed by atoms with van der Waals surface area (Å²) in [4.78, 5) is 2.36. The van der Waals surface area contributed by atoms with E-state index in [4.69, 9.17) is 4.74 Å². The van der Waals surface area contributed by atoms with Gasteiger partial charge in [-0.15, -0.1) is 0 Å². The normalized spacial score (nSPS) is 26.6. The first kappa shape index (κ1) is 13.9. The minimum atomic E-state index is -0.116. The van der Waals surface area contributed by atoms with Gasteiger partial charge in [0.2, 0.25) is 0 Å². The number of likely N-dealkylation sites (N-methyl/N-ethyl adjacent to an activating group) is 1. The van der Waals surface area contributed by atoms with E-state index in [1.165, 1.54) is 0 Å². The Morgan fingerprint density at radius 2 is 1.75 bits per heavy atom. The maximum absolute atomic E-state index is 9.20. The van der Waals surface area contributed by atoms with Gasteiger partial charge in [-0.05, 0) is 34.7 Å². The molecule has 0 aromatic heterocycles. The molecule has 1 atom stereocenters. The third kappa shape index (κ3) is 4.01. The molecule has 4 nitrogen and oxygen atoms in total. The minimum Gasteiger partial charge on any atom is -0.395 e. The zero-order valence-electron chi connectivity index (χ0n) is 11.2. The van der Waals surface area contributed by atoms with E-state index in [-0.39, 0.29) is 23.9 Å². The maximum atomic E-state index is 9.20. The van der Waals surface area contributed by atoms with Gasteiger partial charge in [0.25, 0.3) is 0 Å². The molecule has 96 valence electrons. The maximum Gasteiger partial charge on any atom is 0.0760 e. The van der Waals surface area contributed by atoms with Gasteiger partial charge in [0.15, 0.2) is 0 Å². The number of nitrogens with one attached hydrogen (secondary N) is 1. The van der Waals surface area contributed by atoms with Crippen molar-refractivity contribution in [3.63, 3.8) is 0 Å². The lowest BCUT2D eigenvalue weighted by Gasteiger charge is -2.47. The fourth-order valence-corrected chi connectivity index (χ4v) is 2.63. The van der Waals surface area contributed by atoms with Crippen LogP contribution in [-0.2, 0) is 4.74 Å². The predicted octanol–water partition coefficient (Wildman–Crippen LogP) is 0.456. The van der Waals surface area contributed by atoms with Crippen molar-refractivity contribution >= 4 is 0 Å². The molecular weight excluding hydrogens is 204 g/mol. The van der Waals surface area contributed by atoms with Crippen molar-refractivity contribution < 1.29 is 9.84 Å². The van der Waals surface area contributed by atoms with E-state index >= 15 is 0 Å². The highest BCUT2D eigenvalue weighted by Crippen LogP contribution is 2.27. The second kappa shape index (κ2) is 5.00. The molecule has 0 saturated carbocycles. The molecule has 0 aliphatic carbocycles. The molecule has 1 heterocycles. The standard InChI is InChI=1S/C12H26N2O2/c1-11(2)8-14(6-10(7-15)13-5)9-12(3,4)16-11/h10,13,15H,6-9H2,1-5H3. The van der Waals surface area contributed by atoms with Crippen LogP contribution < -0.4 is 5.32 Å². The van der Waals surface area contributed by atoms with Crippen LogP contribution in [0.15, 0.2) is 0 Å². The summed E-state index contributed by atoms with van der Waals surface area (Å²) < 4.78 is 6.02. The molecule has 0 aromatic rings. The smallest absolute Gasteiger partial charge is 0.0760 e. The van der Waals surface area contributed by atoms with Gasteiger partial charge in [-0.1, -0.05) is 0 Å². The number of morpholine rings is 1. The van der Waals surface area contributed by atoms with Crippen LogP contribution in [-0.4, -0.2) is 60.5 Å². The third-order valence-corrected chi connectivity index (χ3v) is 2.87. The van der Waals surface area contributed by atoms with E-state index in [0.717, 1.165) is 19.6 Å². The molecule has 1 aliphatic heterocycles. The number of hydrogen-bond donors (Lipinski definition) is 2. The zero-order valence-corrected chi connectivity index (χ0v) is 11.2. The first-order chi connectivity index (χ1) is 7.28. The average molecular weight is 230 g/mol. The molecule has 0 radical (unpaired) electrons. The molecule has 0 amide bonds. The van der Waals surface area contributed by atoms with Gasteiger partial charge < -0.3 is 15.2 Å². The van der Waals surface area contributed by atoms with Crippen LogP contribution in [0.5, 0.6) is 0 Å². The van der Waals surface area contributed by atoms with Gasteiger partial charge in [-0.2, -0.15) is 0 Å². The fraction of sp³-hybridized carbons (Fsp3) is 1.00. The molecule has 1 saturated heterocycles. The van der Waals surface area contributed by atoms with Crippen LogP contribution in [0.3, 0.4) is 0 Å². The van der Waals surface area contributed by atoms with E-state index in [0.29, 0.717) is 0 Å².